The van der Waals surface area contributed by atoms with Gasteiger partial charge in [-0.3, -0.25) is 0 Å². The van der Waals surface area contributed by atoms with Gasteiger partial charge in [0.15, 0.2) is 9.84 Å². The third kappa shape index (κ3) is 3.70. The SMILES string of the molecule is CCS(=O)(=O)CCNC1CCC2(CCCC2)CC1. The average Bonchev–Trinajstić information content (AvgIpc) is 2.81. The molecule has 106 valence electrons. The fourth-order valence-corrected chi connectivity index (χ4v) is 4.34. The average molecular weight is 273 g/mol. The van der Waals surface area contributed by atoms with Crippen molar-refractivity contribution in [2.75, 3.05) is 18.1 Å². The molecule has 0 aromatic heterocycles. The lowest BCUT2D eigenvalue weighted by molar-refractivity contribution is 0.169. The van der Waals surface area contributed by atoms with Crippen molar-refractivity contribution in [2.45, 2.75) is 64.3 Å². The molecular formula is C14H27NO2S. The Morgan fingerprint density at radius 1 is 1.11 bits per heavy atom. The van der Waals surface area contributed by atoms with Crippen LogP contribution in [0.4, 0.5) is 0 Å². The highest BCUT2D eigenvalue weighted by Gasteiger charge is 2.37. The van der Waals surface area contributed by atoms with Crippen molar-refractivity contribution < 1.29 is 8.42 Å². The lowest BCUT2D eigenvalue weighted by Crippen LogP contribution is -2.38. The Hall–Kier alpha value is -0.0900. The summed E-state index contributed by atoms with van der Waals surface area (Å²) in [4.78, 5) is 0. The highest BCUT2D eigenvalue weighted by molar-refractivity contribution is 7.91. The molecule has 0 aliphatic heterocycles. The second-order valence-electron chi connectivity index (χ2n) is 6.17. The summed E-state index contributed by atoms with van der Waals surface area (Å²) in [5.74, 6) is 0.563. The van der Waals surface area contributed by atoms with Gasteiger partial charge in [-0.15, -0.1) is 0 Å². The minimum absolute atomic E-state index is 0.266. The monoisotopic (exact) mass is 273 g/mol. The summed E-state index contributed by atoms with van der Waals surface area (Å²) in [7, 11) is -2.80. The van der Waals surface area contributed by atoms with Crippen LogP contribution in [0.2, 0.25) is 0 Å². The first-order chi connectivity index (χ1) is 8.55. The van der Waals surface area contributed by atoms with E-state index in [1.165, 1.54) is 51.4 Å². The second-order valence-corrected chi connectivity index (χ2v) is 8.64. The zero-order valence-corrected chi connectivity index (χ0v) is 12.4. The molecule has 1 N–H and O–H groups in total. The first kappa shape index (κ1) is 14.3. The van der Waals surface area contributed by atoms with E-state index in [0.717, 1.165) is 0 Å². The van der Waals surface area contributed by atoms with Crippen molar-refractivity contribution in [3.63, 3.8) is 0 Å². The van der Waals surface area contributed by atoms with Gasteiger partial charge in [0, 0.05) is 18.3 Å². The summed E-state index contributed by atoms with van der Waals surface area (Å²) in [6.45, 7) is 2.35. The molecule has 0 unspecified atom stereocenters. The van der Waals surface area contributed by atoms with Crippen molar-refractivity contribution >= 4 is 9.84 Å². The van der Waals surface area contributed by atoms with Crippen LogP contribution in [0, 0.1) is 5.41 Å². The first-order valence-corrected chi connectivity index (χ1v) is 9.31. The molecule has 2 fully saturated rings. The molecule has 2 rings (SSSR count). The van der Waals surface area contributed by atoms with Gasteiger partial charge in [0.1, 0.15) is 0 Å². The number of hydrogen-bond acceptors (Lipinski definition) is 3. The summed E-state index contributed by atoms with van der Waals surface area (Å²) in [5, 5.41) is 3.44. The third-order valence-corrected chi connectivity index (χ3v) is 6.70. The van der Waals surface area contributed by atoms with Gasteiger partial charge >= 0.3 is 0 Å². The van der Waals surface area contributed by atoms with Gasteiger partial charge in [0.25, 0.3) is 0 Å². The van der Waals surface area contributed by atoms with E-state index >= 15 is 0 Å². The van der Waals surface area contributed by atoms with E-state index in [9.17, 15) is 8.42 Å². The molecule has 0 radical (unpaired) electrons. The maximum Gasteiger partial charge on any atom is 0.151 e. The van der Waals surface area contributed by atoms with Crippen LogP contribution in [0.1, 0.15) is 58.3 Å². The van der Waals surface area contributed by atoms with E-state index in [2.05, 4.69) is 5.32 Å². The maximum absolute atomic E-state index is 11.4. The van der Waals surface area contributed by atoms with E-state index < -0.39 is 9.84 Å². The zero-order valence-electron chi connectivity index (χ0n) is 11.6. The molecular weight excluding hydrogens is 246 g/mol. The number of sulfone groups is 1. The molecule has 0 saturated heterocycles. The Balaban J connectivity index is 1.68. The Morgan fingerprint density at radius 2 is 1.72 bits per heavy atom. The number of hydrogen-bond donors (Lipinski definition) is 1. The van der Waals surface area contributed by atoms with Gasteiger partial charge in [0.05, 0.1) is 5.75 Å². The summed E-state index contributed by atoms with van der Waals surface area (Å²) >= 11 is 0. The highest BCUT2D eigenvalue weighted by Crippen LogP contribution is 2.48. The van der Waals surface area contributed by atoms with Crippen LogP contribution < -0.4 is 5.32 Å². The normalized spacial score (nSPS) is 24.7. The Bertz CT molecular complexity index is 348. The molecule has 0 heterocycles. The van der Waals surface area contributed by atoms with Crippen LogP contribution in [-0.4, -0.2) is 32.5 Å². The van der Waals surface area contributed by atoms with Crippen LogP contribution in [0.5, 0.6) is 0 Å². The molecule has 0 bridgehead atoms. The second kappa shape index (κ2) is 5.91. The van der Waals surface area contributed by atoms with Gasteiger partial charge in [0.2, 0.25) is 0 Å². The standard InChI is InChI=1S/C14H27NO2S/c1-2-18(16,17)12-11-15-13-5-9-14(10-6-13)7-3-4-8-14/h13,15H,2-12H2,1H3. The Labute approximate surface area is 112 Å². The Morgan fingerprint density at radius 3 is 2.28 bits per heavy atom. The minimum atomic E-state index is -2.80. The topological polar surface area (TPSA) is 46.2 Å². The summed E-state index contributed by atoms with van der Waals surface area (Å²) in [6.07, 6.45) is 10.9. The van der Waals surface area contributed by atoms with E-state index in [1.807, 2.05) is 0 Å². The molecule has 0 amide bonds. The largest absolute Gasteiger partial charge is 0.313 e. The quantitative estimate of drug-likeness (QED) is 0.837. The van der Waals surface area contributed by atoms with Crippen LogP contribution >= 0.6 is 0 Å². The van der Waals surface area contributed by atoms with Crippen LogP contribution in [0.3, 0.4) is 0 Å². The fourth-order valence-electron chi connectivity index (χ4n) is 3.62. The first-order valence-electron chi connectivity index (χ1n) is 7.49. The molecule has 2 saturated carbocycles. The molecule has 2 aliphatic carbocycles. The molecule has 3 nitrogen and oxygen atoms in total. The zero-order chi connectivity index (χ0) is 13.1. The lowest BCUT2D eigenvalue weighted by Gasteiger charge is -2.37. The molecule has 0 aromatic carbocycles. The minimum Gasteiger partial charge on any atom is -0.313 e. The summed E-state index contributed by atoms with van der Waals surface area (Å²) in [5.41, 5.74) is 0.674. The van der Waals surface area contributed by atoms with Crippen LogP contribution in [0.25, 0.3) is 0 Å². The maximum atomic E-state index is 11.4. The molecule has 2 aliphatic rings. The van der Waals surface area contributed by atoms with Gasteiger partial charge < -0.3 is 5.32 Å². The van der Waals surface area contributed by atoms with E-state index in [1.54, 1.807) is 6.92 Å². The van der Waals surface area contributed by atoms with Crippen molar-refractivity contribution in [1.82, 2.24) is 5.32 Å². The van der Waals surface area contributed by atoms with Gasteiger partial charge in [-0.25, -0.2) is 8.42 Å². The molecule has 4 heteroatoms. The van der Waals surface area contributed by atoms with Gasteiger partial charge in [-0.1, -0.05) is 19.8 Å². The van der Waals surface area contributed by atoms with Crippen LogP contribution in [-0.2, 0) is 9.84 Å². The van der Waals surface area contributed by atoms with Crippen molar-refractivity contribution in [3.05, 3.63) is 0 Å². The molecule has 18 heavy (non-hydrogen) atoms. The van der Waals surface area contributed by atoms with E-state index in [-0.39, 0.29) is 5.75 Å². The fraction of sp³-hybridized carbons (Fsp3) is 1.00. The van der Waals surface area contributed by atoms with E-state index in [4.69, 9.17) is 0 Å². The van der Waals surface area contributed by atoms with Crippen molar-refractivity contribution in [1.29, 1.82) is 0 Å². The summed E-state index contributed by atoms with van der Waals surface area (Å²) in [6, 6.07) is 0.559. The number of nitrogens with one attached hydrogen (secondary N) is 1. The predicted molar refractivity (Wildman–Crippen MR) is 75.5 cm³/mol. The van der Waals surface area contributed by atoms with Gasteiger partial charge in [-0.05, 0) is 43.9 Å². The smallest absolute Gasteiger partial charge is 0.151 e. The highest BCUT2D eigenvalue weighted by atomic mass is 32.2. The molecule has 0 aromatic rings. The summed E-state index contributed by atoms with van der Waals surface area (Å²) < 4.78 is 22.8. The predicted octanol–water partition coefficient (Wildman–Crippen LogP) is 2.51. The van der Waals surface area contributed by atoms with Crippen molar-refractivity contribution in [2.24, 2.45) is 5.41 Å². The Kier molecular flexibility index (Phi) is 4.70. The van der Waals surface area contributed by atoms with Crippen LogP contribution in [0.15, 0.2) is 0 Å². The van der Waals surface area contributed by atoms with Gasteiger partial charge in [-0.2, -0.15) is 0 Å². The number of rotatable bonds is 5. The van der Waals surface area contributed by atoms with E-state index in [0.29, 0.717) is 23.8 Å². The lowest BCUT2D eigenvalue weighted by atomic mass is 9.71. The van der Waals surface area contributed by atoms with Crippen molar-refractivity contribution in [3.8, 4) is 0 Å². The molecule has 0 atom stereocenters. The third-order valence-electron chi connectivity index (χ3n) is 5.00. The molecule has 1 spiro atoms.